The van der Waals surface area contributed by atoms with Crippen molar-refractivity contribution in [3.05, 3.63) is 162 Å². The molecule has 0 saturated carbocycles. The van der Waals surface area contributed by atoms with Gasteiger partial charge in [-0.3, -0.25) is 0 Å². The largest absolute Gasteiger partial charge is 0.355 e. The average molecular weight is 569 g/mol. The van der Waals surface area contributed by atoms with Gasteiger partial charge in [0.25, 0.3) is 0 Å². The highest BCUT2D eigenvalue weighted by atomic mass is 15.2. The molecule has 1 unspecified atom stereocenters. The van der Waals surface area contributed by atoms with Crippen LogP contribution in [-0.2, 0) is 6.42 Å². The Morgan fingerprint density at radius 2 is 1.67 bits per heavy atom. The van der Waals surface area contributed by atoms with Crippen molar-refractivity contribution in [2.45, 2.75) is 66.2 Å². The van der Waals surface area contributed by atoms with Crippen LogP contribution in [0.4, 0.5) is 11.4 Å². The van der Waals surface area contributed by atoms with Gasteiger partial charge in [-0.25, -0.2) is 0 Å². The first-order valence-corrected chi connectivity index (χ1v) is 15.9. The third-order valence-electron chi connectivity index (χ3n) is 7.79. The number of allylic oxidation sites excluding steroid dienone is 9. The van der Waals surface area contributed by atoms with Gasteiger partial charge >= 0.3 is 0 Å². The van der Waals surface area contributed by atoms with Crippen LogP contribution in [-0.4, -0.2) is 0 Å². The van der Waals surface area contributed by atoms with E-state index in [0.717, 1.165) is 49.9 Å². The number of rotatable bonds is 14. The summed E-state index contributed by atoms with van der Waals surface area (Å²) in [6.45, 7) is 13.0. The second-order valence-corrected chi connectivity index (χ2v) is 11.3. The zero-order valence-corrected chi connectivity index (χ0v) is 26.5. The van der Waals surface area contributed by atoms with Gasteiger partial charge in [0.2, 0.25) is 0 Å². The molecular weight excluding hydrogens is 520 g/mol. The van der Waals surface area contributed by atoms with Crippen LogP contribution in [0.5, 0.6) is 0 Å². The number of nitrogens with one attached hydrogen (secondary N) is 1. The van der Waals surface area contributed by atoms with Crippen LogP contribution in [0.25, 0.3) is 5.57 Å². The van der Waals surface area contributed by atoms with Crippen molar-refractivity contribution in [2.75, 3.05) is 10.2 Å². The fraction of sp³-hybridized carbons (Fsp3) is 0.268. The molecule has 2 heteroatoms. The topological polar surface area (TPSA) is 15.3 Å². The average Bonchev–Trinajstić information content (AvgIpc) is 3.04. The molecule has 0 fully saturated rings. The summed E-state index contributed by atoms with van der Waals surface area (Å²) in [7, 11) is 0. The van der Waals surface area contributed by atoms with E-state index in [1.165, 1.54) is 39.4 Å². The molecule has 0 aromatic heterocycles. The Morgan fingerprint density at radius 3 is 2.35 bits per heavy atom. The maximum atomic E-state index is 4.19. The molecule has 3 aromatic carbocycles. The number of para-hydroxylation sites is 1. The minimum Gasteiger partial charge on any atom is -0.355 e. The standard InChI is InChI=1S/C41H48N2/c1-6-10-20-33-21-17-24-36(31-33)42-41-35(29-32(5)30-40(41)34-22-13-11-14-23-34)27-28-38(19-8-3)43(37(9-4)18-7-2)39-25-15-12-16-26-39/h6,9-18,21-26,28-29,31-32,42H,4,7-8,19-20,27,30H2,1-3,5H3/b10-6-,37-18+,38-28+. The number of hydrogen-bond donors (Lipinski definition) is 1. The second kappa shape index (κ2) is 16.4. The van der Waals surface area contributed by atoms with E-state index < -0.39 is 0 Å². The van der Waals surface area contributed by atoms with Gasteiger partial charge < -0.3 is 10.2 Å². The zero-order chi connectivity index (χ0) is 30.4. The van der Waals surface area contributed by atoms with Crippen LogP contribution in [0.3, 0.4) is 0 Å². The Balaban J connectivity index is 1.79. The number of anilines is 2. The van der Waals surface area contributed by atoms with E-state index in [-0.39, 0.29) is 0 Å². The first-order valence-electron chi connectivity index (χ1n) is 15.9. The van der Waals surface area contributed by atoms with Crippen molar-refractivity contribution in [3.63, 3.8) is 0 Å². The quantitative estimate of drug-likeness (QED) is 0.154. The van der Waals surface area contributed by atoms with Crippen LogP contribution in [0, 0.1) is 5.92 Å². The SMILES string of the molecule is C=C/C(=C\CC)N(/C(=C/CC1=CC(C)CC(c2ccccc2)=C1Nc1cccc(C/C=C\C)c1)CCC)c1ccccc1. The van der Waals surface area contributed by atoms with Crippen molar-refractivity contribution in [2.24, 2.45) is 5.92 Å². The van der Waals surface area contributed by atoms with Gasteiger partial charge in [-0.1, -0.05) is 125 Å². The van der Waals surface area contributed by atoms with Gasteiger partial charge in [0.05, 0.1) is 0 Å². The van der Waals surface area contributed by atoms with Crippen LogP contribution >= 0.6 is 0 Å². The molecule has 4 rings (SSSR count). The van der Waals surface area contributed by atoms with Gasteiger partial charge in [0.15, 0.2) is 0 Å². The van der Waals surface area contributed by atoms with Gasteiger partial charge in [-0.15, -0.1) is 0 Å². The summed E-state index contributed by atoms with van der Waals surface area (Å²) in [5, 5.41) is 3.90. The van der Waals surface area contributed by atoms with Gasteiger partial charge in [0, 0.05) is 28.5 Å². The lowest BCUT2D eigenvalue weighted by Crippen LogP contribution is -2.21. The van der Waals surface area contributed by atoms with Crippen molar-refractivity contribution >= 4 is 16.9 Å². The Bertz CT molecular complexity index is 1480. The molecular formula is C41H48N2. The van der Waals surface area contributed by atoms with E-state index in [1.54, 1.807) is 0 Å². The van der Waals surface area contributed by atoms with Crippen LogP contribution in [0.1, 0.15) is 70.9 Å². The molecule has 0 spiro atoms. The lowest BCUT2D eigenvalue weighted by Gasteiger charge is -2.30. The van der Waals surface area contributed by atoms with Gasteiger partial charge in [0.1, 0.15) is 0 Å². The van der Waals surface area contributed by atoms with E-state index in [4.69, 9.17) is 0 Å². The highest BCUT2D eigenvalue weighted by molar-refractivity contribution is 5.78. The van der Waals surface area contributed by atoms with Crippen molar-refractivity contribution in [3.8, 4) is 0 Å². The smallest absolute Gasteiger partial charge is 0.0458 e. The maximum Gasteiger partial charge on any atom is 0.0458 e. The molecule has 2 nitrogen and oxygen atoms in total. The van der Waals surface area contributed by atoms with E-state index in [1.807, 2.05) is 6.08 Å². The normalized spacial score (nSPS) is 15.9. The van der Waals surface area contributed by atoms with E-state index >= 15 is 0 Å². The number of benzene rings is 3. The fourth-order valence-electron chi connectivity index (χ4n) is 5.83. The highest BCUT2D eigenvalue weighted by Crippen LogP contribution is 2.38. The molecule has 43 heavy (non-hydrogen) atoms. The summed E-state index contributed by atoms with van der Waals surface area (Å²) in [5.41, 5.74) is 11.3. The summed E-state index contributed by atoms with van der Waals surface area (Å²) in [5.74, 6) is 0.453. The van der Waals surface area contributed by atoms with Crippen LogP contribution in [0.2, 0.25) is 0 Å². The summed E-state index contributed by atoms with van der Waals surface area (Å²) in [6, 6.07) is 30.4. The number of nitrogens with zero attached hydrogens (tertiary/aromatic N) is 1. The van der Waals surface area contributed by atoms with Gasteiger partial charge in [-0.05, 0) is 97.6 Å². The third kappa shape index (κ3) is 8.61. The molecule has 3 aromatic rings. The molecule has 0 aliphatic heterocycles. The van der Waals surface area contributed by atoms with Gasteiger partial charge in [-0.2, -0.15) is 0 Å². The predicted molar refractivity (Wildman–Crippen MR) is 189 cm³/mol. The minimum atomic E-state index is 0.453. The molecule has 0 radical (unpaired) electrons. The number of hydrogen-bond acceptors (Lipinski definition) is 2. The Labute approximate surface area is 260 Å². The first kappa shape index (κ1) is 31.6. The first-order chi connectivity index (χ1) is 21.1. The highest BCUT2D eigenvalue weighted by Gasteiger charge is 2.22. The molecule has 1 N–H and O–H groups in total. The Kier molecular flexibility index (Phi) is 12.0. The Hall–Kier alpha value is -4.30. The second-order valence-electron chi connectivity index (χ2n) is 11.3. The molecule has 0 amide bonds. The van der Waals surface area contributed by atoms with Crippen molar-refractivity contribution < 1.29 is 0 Å². The zero-order valence-electron chi connectivity index (χ0n) is 26.5. The minimum absolute atomic E-state index is 0.453. The summed E-state index contributed by atoms with van der Waals surface area (Å²) >= 11 is 0. The van der Waals surface area contributed by atoms with E-state index in [0.29, 0.717) is 5.92 Å². The molecule has 0 bridgehead atoms. The lowest BCUT2D eigenvalue weighted by molar-refractivity contribution is 0.731. The van der Waals surface area contributed by atoms with E-state index in [2.05, 4.69) is 160 Å². The summed E-state index contributed by atoms with van der Waals surface area (Å²) in [6.07, 6.45) is 19.3. The van der Waals surface area contributed by atoms with E-state index in [9.17, 15) is 0 Å². The fourth-order valence-corrected chi connectivity index (χ4v) is 5.83. The third-order valence-corrected chi connectivity index (χ3v) is 7.79. The lowest BCUT2D eigenvalue weighted by atomic mass is 9.84. The molecule has 1 aliphatic rings. The summed E-state index contributed by atoms with van der Waals surface area (Å²) in [4.78, 5) is 2.40. The molecule has 0 heterocycles. The monoisotopic (exact) mass is 568 g/mol. The Morgan fingerprint density at radius 1 is 0.930 bits per heavy atom. The van der Waals surface area contributed by atoms with Crippen molar-refractivity contribution in [1.29, 1.82) is 0 Å². The molecule has 222 valence electrons. The predicted octanol–water partition coefficient (Wildman–Crippen LogP) is 11.7. The van der Waals surface area contributed by atoms with Crippen LogP contribution < -0.4 is 10.2 Å². The molecule has 1 atom stereocenters. The maximum absolute atomic E-state index is 4.19. The van der Waals surface area contributed by atoms with Crippen molar-refractivity contribution in [1.82, 2.24) is 0 Å². The summed E-state index contributed by atoms with van der Waals surface area (Å²) < 4.78 is 0. The van der Waals surface area contributed by atoms with Crippen LogP contribution in [0.15, 0.2) is 151 Å². The molecule has 1 aliphatic carbocycles. The molecule has 0 saturated heterocycles.